The number of allylic oxidation sites excluding steroid dienone is 1. The first kappa shape index (κ1) is 11.1. The third kappa shape index (κ3) is 2.08. The van der Waals surface area contributed by atoms with Gasteiger partial charge in [0.1, 0.15) is 5.78 Å². The summed E-state index contributed by atoms with van der Waals surface area (Å²) < 4.78 is 0. The molecule has 16 heavy (non-hydrogen) atoms. The first-order chi connectivity index (χ1) is 7.70. The van der Waals surface area contributed by atoms with Crippen LogP contribution in [0.4, 0.5) is 0 Å². The quantitative estimate of drug-likeness (QED) is 0.686. The molecule has 0 bridgehead atoms. The number of hydrogen-bond acceptors (Lipinski definition) is 1. The molecule has 0 aromatic heterocycles. The molecule has 1 aliphatic rings. The van der Waals surface area contributed by atoms with Crippen molar-refractivity contribution in [1.29, 1.82) is 0 Å². The molecule has 84 valence electrons. The van der Waals surface area contributed by atoms with Gasteiger partial charge in [0.05, 0.1) is 0 Å². The van der Waals surface area contributed by atoms with E-state index in [1.807, 2.05) is 25.1 Å². The standard InChI is InChI=1S/C15H18O/c1-11(2)13-9-6-10-14(16)15(13)12-7-4-3-5-8-12/h3-5,7-8,13,15H,1,6,9-10H2,2H3. The van der Waals surface area contributed by atoms with E-state index in [0.717, 1.165) is 30.4 Å². The van der Waals surface area contributed by atoms with Crippen molar-refractivity contribution in [2.75, 3.05) is 0 Å². The lowest BCUT2D eigenvalue weighted by Crippen LogP contribution is -2.27. The lowest BCUT2D eigenvalue weighted by molar-refractivity contribution is -0.123. The third-order valence-electron chi connectivity index (χ3n) is 3.48. The van der Waals surface area contributed by atoms with E-state index in [0.29, 0.717) is 11.7 Å². The van der Waals surface area contributed by atoms with Gasteiger partial charge in [-0.2, -0.15) is 0 Å². The predicted octanol–water partition coefficient (Wildman–Crippen LogP) is 3.72. The molecule has 0 amide bonds. The fourth-order valence-corrected chi connectivity index (χ4v) is 2.65. The maximum Gasteiger partial charge on any atom is 0.140 e. The van der Waals surface area contributed by atoms with E-state index in [2.05, 4.69) is 18.7 Å². The van der Waals surface area contributed by atoms with Crippen LogP contribution in [-0.2, 0) is 4.79 Å². The van der Waals surface area contributed by atoms with E-state index in [1.165, 1.54) is 0 Å². The molecule has 1 fully saturated rings. The normalized spacial score (nSPS) is 25.4. The molecule has 0 N–H and O–H groups in total. The molecular weight excluding hydrogens is 196 g/mol. The maximum atomic E-state index is 12.1. The van der Waals surface area contributed by atoms with Gasteiger partial charge >= 0.3 is 0 Å². The summed E-state index contributed by atoms with van der Waals surface area (Å²) in [5.74, 6) is 0.765. The second kappa shape index (κ2) is 4.65. The molecule has 0 saturated heterocycles. The number of Topliss-reactive ketones (excluding diaryl/α,β-unsaturated/α-hetero) is 1. The van der Waals surface area contributed by atoms with Gasteiger partial charge in [0.25, 0.3) is 0 Å². The van der Waals surface area contributed by atoms with Gasteiger partial charge in [0.15, 0.2) is 0 Å². The monoisotopic (exact) mass is 214 g/mol. The molecule has 1 saturated carbocycles. The summed E-state index contributed by atoms with van der Waals surface area (Å²) in [5.41, 5.74) is 2.29. The Morgan fingerprint density at radius 1 is 1.31 bits per heavy atom. The summed E-state index contributed by atoms with van der Waals surface area (Å²) in [4.78, 5) is 12.1. The topological polar surface area (TPSA) is 17.1 Å². The molecule has 0 radical (unpaired) electrons. The van der Waals surface area contributed by atoms with Crippen LogP contribution in [-0.4, -0.2) is 5.78 Å². The van der Waals surface area contributed by atoms with E-state index >= 15 is 0 Å². The number of benzene rings is 1. The fraction of sp³-hybridized carbons (Fsp3) is 0.400. The minimum atomic E-state index is 0.0486. The molecule has 1 aromatic rings. The molecule has 2 atom stereocenters. The molecule has 0 spiro atoms. The van der Waals surface area contributed by atoms with Gasteiger partial charge in [0, 0.05) is 12.3 Å². The molecule has 0 heterocycles. The largest absolute Gasteiger partial charge is 0.299 e. The number of hydrogen-bond donors (Lipinski definition) is 0. The summed E-state index contributed by atoms with van der Waals surface area (Å²) in [6, 6.07) is 10.1. The van der Waals surface area contributed by atoms with E-state index in [4.69, 9.17) is 0 Å². The molecule has 0 aliphatic heterocycles. The Kier molecular flexibility index (Phi) is 3.23. The van der Waals surface area contributed by atoms with Crippen LogP contribution in [0.3, 0.4) is 0 Å². The Morgan fingerprint density at radius 2 is 2.00 bits per heavy atom. The average molecular weight is 214 g/mol. The molecule has 1 nitrogen and oxygen atoms in total. The van der Waals surface area contributed by atoms with Crippen molar-refractivity contribution in [3.05, 3.63) is 48.0 Å². The smallest absolute Gasteiger partial charge is 0.140 e. The second-order valence-electron chi connectivity index (χ2n) is 4.70. The summed E-state index contributed by atoms with van der Waals surface area (Å²) in [6.45, 7) is 6.08. The highest BCUT2D eigenvalue weighted by molar-refractivity contribution is 5.87. The number of carbonyl (C=O) groups is 1. The minimum Gasteiger partial charge on any atom is -0.299 e. The van der Waals surface area contributed by atoms with Crippen LogP contribution < -0.4 is 0 Å². The van der Waals surface area contributed by atoms with Crippen LogP contribution >= 0.6 is 0 Å². The van der Waals surface area contributed by atoms with Crippen molar-refractivity contribution in [3.63, 3.8) is 0 Å². The highest BCUT2D eigenvalue weighted by Crippen LogP contribution is 2.38. The Hall–Kier alpha value is -1.37. The molecular formula is C15H18O. The summed E-state index contributed by atoms with van der Waals surface area (Å²) >= 11 is 0. The van der Waals surface area contributed by atoms with Crippen molar-refractivity contribution < 1.29 is 4.79 Å². The molecule has 1 aromatic carbocycles. The van der Waals surface area contributed by atoms with E-state index in [-0.39, 0.29) is 5.92 Å². The van der Waals surface area contributed by atoms with Crippen LogP contribution in [0, 0.1) is 5.92 Å². The SMILES string of the molecule is C=C(C)C1CCCC(=O)C1c1ccccc1. The van der Waals surface area contributed by atoms with E-state index in [1.54, 1.807) is 0 Å². The van der Waals surface area contributed by atoms with Crippen LogP contribution in [0.15, 0.2) is 42.5 Å². The van der Waals surface area contributed by atoms with Crippen LogP contribution in [0.25, 0.3) is 0 Å². The van der Waals surface area contributed by atoms with Crippen molar-refractivity contribution in [3.8, 4) is 0 Å². The van der Waals surface area contributed by atoms with Crippen molar-refractivity contribution in [2.24, 2.45) is 5.92 Å². The first-order valence-corrected chi connectivity index (χ1v) is 5.93. The highest BCUT2D eigenvalue weighted by Gasteiger charge is 2.33. The highest BCUT2D eigenvalue weighted by atomic mass is 16.1. The van der Waals surface area contributed by atoms with Crippen LogP contribution in [0.5, 0.6) is 0 Å². The summed E-state index contributed by atoms with van der Waals surface area (Å²) in [5, 5.41) is 0. The van der Waals surface area contributed by atoms with Gasteiger partial charge in [-0.1, -0.05) is 42.5 Å². The Balaban J connectivity index is 2.34. The van der Waals surface area contributed by atoms with Crippen LogP contribution in [0.1, 0.15) is 37.7 Å². The number of rotatable bonds is 2. The van der Waals surface area contributed by atoms with Crippen molar-refractivity contribution in [1.82, 2.24) is 0 Å². The van der Waals surface area contributed by atoms with E-state index in [9.17, 15) is 4.79 Å². The van der Waals surface area contributed by atoms with Gasteiger partial charge in [-0.05, 0) is 31.2 Å². The summed E-state index contributed by atoms with van der Waals surface area (Å²) in [7, 11) is 0. The molecule has 2 rings (SSSR count). The predicted molar refractivity (Wildman–Crippen MR) is 66.3 cm³/mol. The number of carbonyl (C=O) groups excluding carboxylic acids is 1. The number of ketones is 1. The fourth-order valence-electron chi connectivity index (χ4n) is 2.65. The van der Waals surface area contributed by atoms with Gasteiger partial charge in [-0.25, -0.2) is 0 Å². The Morgan fingerprint density at radius 3 is 2.62 bits per heavy atom. The average Bonchev–Trinajstić information content (AvgIpc) is 2.29. The maximum absolute atomic E-state index is 12.1. The lowest BCUT2D eigenvalue weighted by Gasteiger charge is -2.31. The summed E-state index contributed by atoms with van der Waals surface area (Å²) in [6.07, 6.45) is 2.84. The third-order valence-corrected chi connectivity index (χ3v) is 3.48. The minimum absolute atomic E-state index is 0.0486. The van der Waals surface area contributed by atoms with Crippen molar-refractivity contribution in [2.45, 2.75) is 32.1 Å². The van der Waals surface area contributed by atoms with Gasteiger partial charge in [-0.3, -0.25) is 4.79 Å². The molecule has 1 aliphatic carbocycles. The molecule has 2 unspecified atom stereocenters. The van der Waals surface area contributed by atoms with Gasteiger partial charge < -0.3 is 0 Å². The lowest BCUT2D eigenvalue weighted by atomic mass is 9.72. The Bertz CT molecular complexity index is 391. The first-order valence-electron chi connectivity index (χ1n) is 5.93. The van der Waals surface area contributed by atoms with Gasteiger partial charge in [-0.15, -0.1) is 0 Å². The zero-order valence-corrected chi connectivity index (χ0v) is 9.78. The van der Waals surface area contributed by atoms with Crippen LogP contribution in [0.2, 0.25) is 0 Å². The molecule has 1 heteroatoms. The van der Waals surface area contributed by atoms with Crippen molar-refractivity contribution >= 4 is 5.78 Å². The second-order valence-corrected chi connectivity index (χ2v) is 4.70. The zero-order valence-electron chi connectivity index (χ0n) is 9.78. The Labute approximate surface area is 97.2 Å². The van der Waals surface area contributed by atoms with Gasteiger partial charge in [0.2, 0.25) is 0 Å². The van der Waals surface area contributed by atoms with E-state index < -0.39 is 0 Å². The zero-order chi connectivity index (χ0) is 11.5.